The molecule has 1 fully saturated rings. The lowest BCUT2D eigenvalue weighted by Gasteiger charge is -2.31. The van der Waals surface area contributed by atoms with Gasteiger partial charge in [-0.05, 0) is 39.3 Å². The van der Waals surface area contributed by atoms with Crippen molar-refractivity contribution in [1.29, 1.82) is 0 Å². The number of aromatic nitrogens is 2. The van der Waals surface area contributed by atoms with Crippen molar-refractivity contribution in [2.45, 2.75) is 44.2 Å². The first-order valence-corrected chi connectivity index (χ1v) is 6.72. The largest absolute Gasteiger partial charge is 0.330 e. The van der Waals surface area contributed by atoms with Gasteiger partial charge in [-0.1, -0.05) is 0 Å². The van der Waals surface area contributed by atoms with Crippen molar-refractivity contribution in [3.05, 3.63) is 17.7 Å². The third-order valence-corrected chi connectivity index (χ3v) is 4.15. The van der Waals surface area contributed by atoms with E-state index >= 15 is 0 Å². The number of nitrogens with two attached hydrogens (primary N) is 1. The molecule has 0 bridgehead atoms. The number of likely N-dealkylation sites (tertiary alicyclic amines) is 1. The lowest BCUT2D eigenvalue weighted by atomic mass is 9.97. The third kappa shape index (κ3) is 2.56. The van der Waals surface area contributed by atoms with E-state index in [1.54, 1.807) is 0 Å². The number of rotatable bonds is 1. The van der Waals surface area contributed by atoms with Crippen LogP contribution in [-0.4, -0.2) is 40.6 Å². The number of aryl methyl sites for hydroxylation is 1. The maximum Gasteiger partial charge on any atom is 0.113 e. The van der Waals surface area contributed by atoms with Crippen molar-refractivity contribution >= 4 is 12.4 Å². The summed E-state index contributed by atoms with van der Waals surface area (Å²) in [7, 11) is 2.21. The van der Waals surface area contributed by atoms with Crippen LogP contribution >= 0.6 is 12.4 Å². The monoisotopic (exact) mass is 270 g/mol. The number of piperidine rings is 1. The molecule has 2 aliphatic heterocycles. The fourth-order valence-corrected chi connectivity index (χ4v) is 3.20. The van der Waals surface area contributed by atoms with Gasteiger partial charge in [0.1, 0.15) is 5.82 Å². The van der Waals surface area contributed by atoms with Gasteiger partial charge in [0.05, 0.1) is 0 Å². The zero-order valence-electron chi connectivity index (χ0n) is 11.0. The molecular formula is C13H23ClN4. The van der Waals surface area contributed by atoms with Crippen LogP contribution < -0.4 is 5.73 Å². The number of nitrogens with zero attached hydrogens (tertiary/aromatic N) is 3. The van der Waals surface area contributed by atoms with Gasteiger partial charge in [-0.25, -0.2) is 4.98 Å². The van der Waals surface area contributed by atoms with Crippen LogP contribution in [0.15, 0.2) is 6.20 Å². The second-order valence-corrected chi connectivity index (χ2v) is 5.62. The second kappa shape index (κ2) is 5.59. The van der Waals surface area contributed by atoms with E-state index < -0.39 is 0 Å². The average Bonchev–Trinajstić information content (AvgIpc) is 2.71. The minimum atomic E-state index is 0. The maximum atomic E-state index is 6.08. The first-order valence-electron chi connectivity index (χ1n) is 6.72. The van der Waals surface area contributed by atoms with E-state index in [1.165, 1.54) is 30.9 Å². The molecule has 5 heteroatoms. The summed E-state index contributed by atoms with van der Waals surface area (Å²) in [6, 6.07) is 0.316. The Morgan fingerprint density at radius 3 is 2.94 bits per heavy atom. The number of hydrogen-bond acceptors (Lipinski definition) is 3. The highest BCUT2D eigenvalue weighted by molar-refractivity contribution is 5.85. The summed E-state index contributed by atoms with van der Waals surface area (Å²) in [5, 5.41) is 0. The molecule has 0 amide bonds. The molecule has 0 aliphatic carbocycles. The number of fused-ring (bicyclic) bond motifs is 1. The van der Waals surface area contributed by atoms with E-state index in [2.05, 4.69) is 27.7 Å². The quantitative estimate of drug-likeness (QED) is 0.839. The Balaban J connectivity index is 0.00000120. The fraction of sp³-hybridized carbons (Fsp3) is 0.769. The van der Waals surface area contributed by atoms with Crippen LogP contribution in [0.25, 0.3) is 0 Å². The van der Waals surface area contributed by atoms with Crippen LogP contribution in [0, 0.1) is 0 Å². The van der Waals surface area contributed by atoms with Crippen LogP contribution in [0.4, 0.5) is 0 Å². The van der Waals surface area contributed by atoms with Crippen molar-refractivity contribution in [1.82, 2.24) is 14.5 Å². The molecule has 0 aromatic carbocycles. The van der Waals surface area contributed by atoms with E-state index in [4.69, 9.17) is 5.73 Å². The molecule has 18 heavy (non-hydrogen) atoms. The molecule has 1 saturated heterocycles. The molecule has 0 radical (unpaired) electrons. The molecule has 1 aromatic rings. The normalized spacial score (nSPS) is 28.6. The zero-order chi connectivity index (χ0) is 11.8. The van der Waals surface area contributed by atoms with Crippen molar-refractivity contribution < 1.29 is 0 Å². The van der Waals surface area contributed by atoms with Crippen molar-refractivity contribution in [3.63, 3.8) is 0 Å². The van der Waals surface area contributed by atoms with Gasteiger partial charge in [-0.15, -0.1) is 12.4 Å². The van der Waals surface area contributed by atoms with Crippen LogP contribution in [0.2, 0.25) is 0 Å². The molecule has 1 aromatic heterocycles. The van der Waals surface area contributed by atoms with Gasteiger partial charge in [-0.3, -0.25) is 0 Å². The molecular weight excluding hydrogens is 248 g/mol. The summed E-state index contributed by atoms with van der Waals surface area (Å²) in [6.07, 6.45) is 6.83. The lowest BCUT2D eigenvalue weighted by Crippen LogP contribution is -2.36. The van der Waals surface area contributed by atoms with Gasteiger partial charge < -0.3 is 15.2 Å². The Labute approximate surface area is 115 Å². The van der Waals surface area contributed by atoms with Gasteiger partial charge in [0.2, 0.25) is 0 Å². The molecule has 0 saturated carbocycles. The van der Waals surface area contributed by atoms with Crippen LogP contribution in [0.1, 0.15) is 36.7 Å². The Kier molecular flexibility index (Phi) is 4.30. The fourth-order valence-electron chi connectivity index (χ4n) is 3.20. The number of hydrogen-bond donors (Lipinski definition) is 1. The molecule has 2 unspecified atom stereocenters. The maximum absolute atomic E-state index is 6.08. The Hall–Kier alpha value is -0.580. The predicted octanol–water partition coefficient (Wildman–Crippen LogP) is 1.39. The topological polar surface area (TPSA) is 47.1 Å². The average molecular weight is 271 g/mol. The SMILES string of the molecule is CN1CCCC(c2ncc3n2CC(N)CC3)C1.Cl. The third-order valence-electron chi connectivity index (χ3n) is 4.15. The Morgan fingerprint density at radius 2 is 2.17 bits per heavy atom. The highest BCUT2D eigenvalue weighted by Gasteiger charge is 2.26. The van der Waals surface area contributed by atoms with Crippen molar-refractivity contribution in [2.75, 3.05) is 20.1 Å². The first kappa shape index (κ1) is 13.8. The van der Waals surface area contributed by atoms with E-state index in [0.29, 0.717) is 12.0 Å². The summed E-state index contributed by atoms with van der Waals surface area (Å²) in [6.45, 7) is 3.33. The molecule has 2 atom stereocenters. The summed E-state index contributed by atoms with van der Waals surface area (Å²) >= 11 is 0. The van der Waals surface area contributed by atoms with Crippen molar-refractivity contribution in [2.24, 2.45) is 5.73 Å². The molecule has 2 aliphatic rings. The molecule has 3 rings (SSSR count). The number of imidazole rings is 1. The lowest BCUT2D eigenvalue weighted by molar-refractivity contribution is 0.241. The summed E-state index contributed by atoms with van der Waals surface area (Å²) in [4.78, 5) is 7.09. The highest BCUT2D eigenvalue weighted by atomic mass is 35.5. The van der Waals surface area contributed by atoms with Crippen LogP contribution in [-0.2, 0) is 13.0 Å². The van der Waals surface area contributed by atoms with Crippen molar-refractivity contribution in [3.8, 4) is 0 Å². The Bertz CT molecular complexity index is 404. The molecule has 4 nitrogen and oxygen atoms in total. The standard InChI is InChI=1S/C13H22N4.ClH/c1-16-6-2-3-10(8-16)13-15-7-12-5-4-11(14)9-17(12)13;/h7,10-11H,2-6,8-9,14H2,1H3;1H. The van der Waals surface area contributed by atoms with E-state index in [-0.39, 0.29) is 12.4 Å². The number of halogens is 1. The molecule has 3 heterocycles. The van der Waals surface area contributed by atoms with Crippen LogP contribution in [0.3, 0.4) is 0 Å². The van der Waals surface area contributed by atoms with E-state index in [0.717, 1.165) is 25.9 Å². The van der Waals surface area contributed by atoms with Crippen LogP contribution in [0.5, 0.6) is 0 Å². The minimum Gasteiger partial charge on any atom is -0.330 e. The molecule has 0 spiro atoms. The Morgan fingerprint density at radius 1 is 1.33 bits per heavy atom. The van der Waals surface area contributed by atoms with Gasteiger partial charge in [0.15, 0.2) is 0 Å². The highest BCUT2D eigenvalue weighted by Crippen LogP contribution is 2.28. The van der Waals surface area contributed by atoms with Gasteiger partial charge >= 0.3 is 0 Å². The van der Waals surface area contributed by atoms with Gasteiger partial charge in [-0.2, -0.15) is 0 Å². The van der Waals surface area contributed by atoms with Gasteiger partial charge in [0.25, 0.3) is 0 Å². The number of likely N-dealkylation sites (N-methyl/N-ethyl adjacent to an activating group) is 1. The summed E-state index contributed by atoms with van der Waals surface area (Å²) < 4.78 is 2.39. The molecule has 102 valence electrons. The van der Waals surface area contributed by atoms with E-state index in [1.807, 2.05) is 0 Å². The predicted molar refractivity (Wildman–Crippen MR) is 75.2 cm³/mol. The minimum absolute atomic E-state index is 0. The van der Waals surface area contributed by atoms with Gasteiger partial charge in [0, 0.05) is 36.9 Å². The summed E-state index contributed by atoms with van der Waals surface area (Å²) in [5.41, 5.74) is 7.46. The summed E-state index contributed by atoms with van der Waals surface area (Å²) in [5.74, 6) is 1.88. The zero-order valence-corrected chi connectivity index (χ0v) is 11.8. The van der Waals surface area contributed by atoms with E-state index in [9.17, 15) is 0 Å². The first-order chi connectivity index (χ1) is 8.24. The second-order valence-electron chi connectivity index (χ2n) is 5.62. The smallest absolute Gasteiger partial charge is 0.113 e. The molecule has 2 N–H and O–H groups in total.